The first-order chi connectivity index (χ1) is 8.08. The first-order valence-electron chi connectivity index (χ1n) is 4.78. The number of oxazole rings is 1. The van der Waals surface area contributed by atoms with Crippen molar-refractivity contribution in [3.8, 4) is 5.75 Å². The summed E-state index contributed by atoms with van der Waals surface area (Å²) in [4.78, 5) is 15.4. The molecule has 17 heavy (non-hydrogen) atoms. The van der Waals surface area contributed by atoms with Crippen molar-refractivity contribution in [1.29, 1.82) is 0 Å². The van der Waals surface area contributed by atoms with E-state index in [0.29, 0.717) is 5.69 Å². The molecular formula is C11H9FN2O3. The Labute approximate surface area is 95.9 Å². The third-order valence-corrected chi connectivity index (χ3v) is 2.15. The van der Waals surface area contributed by atoms with Crippen LogP contribution in [0, 0.1) is 12.7 Å². The number of phenols is 1. The standard InChI is InChI=1S/C11H9FN2O3/c1-6-10(17-5-13-6)11(16)14-9-3-2-7(15)4-8(9)12/h2-5,15H,1H3,(H,14,16). The molecule has 1 aromatic heterocycles. The van der Waals surface area contributed by atoms with E-state index in [1.165, 1.54) is 12.1 Å². The third kappa shape index (κ3) is 2.25. The van der Waals surface area contributed by atoms with Gasteiger partial charge in [0, 0.05) is 6.07 Å². The van der Waals surface area contributed by atoms with Gasteiger partial charge in [0.05, 0.1) is 11.4 Å². The molecule has 0 aliphatic carbocycles. The second kappa shape index (κ2) is 4.25. The van der Waals surface area contributed by atoms with Crippen molar-refractivity contribution in [2.75, 3.05) is 5.32 Å². The summed E-state index contributed by atoms with van der Waals surface area (Å²) in [6.07, 6.45) is 1.14. The number of carbonyl (C=O) groups is 1. The lowest BCUT2D eigenvalue weighted by Crippen LogP contribution is -2.13. The van der Waals surface area contributed by atoms with Crippen LogP contribution >= 0.6 is 0 Å². The van der Waals surface area contributed by atoms with Gasteiger partial charge in [0.25, 0.3) is 5.91 Å². The number of aromatic nitrogens is 1. The van der Waals surface area contributed by atoms with Gasteiger partial charge in [-0.2, -0.15) is 0 Å². The van der Waals surface area contributed by atoms with Crippen LogP contribution < -0.4 is 5.32 Å². The van der Waals surface area contributed by atoms with Crippen LogP contribution in [-0.4, -0.2) is 16.0 Å². The van der Waals surface area contributed by atoms with Crippen molar-refractivity contribution in [2.45, 2.75) is 6.92 Å². The Morgan fingerprint density at radius 3 is 2.88 bits per heavy atom. The molecule has 2 aromatic rings. The molecule has 0 bridgehead atoms. The van der Waals surface area contributed by atoms with Crippen molar-refractivity contribution in [3.05, 3.63) is 41.9 Å². The summed E-state index contributed by atoms with van der Waals surface area (Å²) >= 11 is 0. The molecule has 0 saturated carbocycles. The smallest absolute Gasteiger partial charge is 0.293 e. The number of halogens is 1. The van der Waals surface area contributed by atoms with Gasteiger partial charge in [-0.15, -0.1) is 0 Å². The lowest BCUT2D eigenvalue weighted by atomic mass is 10.2. The van der Waals surface area contributed by atoms with Crippen LogP contribution in [0.2, 0.25) is 0 Å². The van der Waals surface area contributed by atoms with Gasteiger partial charge in [0.1, 0.15) is 11.6 Å². The zero-order valence-electron chi connectivity index (χ0n) is 8.90. The number of carbonyl (C=O) groups excluding carboxylic acids is 1. The molecule has 0 aliphatic heterocycles. The molecule has 0 unspecified atom stereocenters. The van der Waals surface area contributed by atoms with Gasteiger partial charge in [0.15, 0.2) is 6.39 Å². The number of amides is 1. The Kier molecular flexibility index (Phi) is 2.78. The first-order valence-corrected chi connectivity index (χ1v) is 4.78. The fourth-order valence-electron chi connectivity index (χ4n) is 1.30. The molecular weight excluding hydrogens is 227 g/mol. The van der Waals surface area contributed by atoms with Gasteiger partial charge in [0.2, 0.25) is 5.76 Å². The zero-order valence-corrected chi connectivity index (χ0v) is 8.90. The molecule has 1 amide bonds. The van der Waals surface area contributed by atoms with Crippen molar-refractivity contribution in [2.24, 2.45) is 0 Å². The Balaban J connectivity index is 2.22. The van der Waals surface area contributed by atoms with Crippen LogP contribution in [0.15, 0.2) is 29.0 Å². The summed E-state index contributed by atoms with van der Waals surface area (Å²) in [5.74, 6) is -1.51. The molecule has 88 valence electrons. The van der Waals surface area contributed by atoms with E-state index in [9.17, 15) is 9.18 Å². The number of rotatable bonds is 2. The molecule has 1 aromatic carbocycles. The van der Waals surface area contributed by atoms with Gasteiger partial charge >= 0.3 is 0 Å². The molecule has 0 fully saturated rings. The minimum atomic E-state index is -0.726. The van der Waals surface area contributed by atoms with Gasteiger partial charge in [-0.05, 0) is 19.1 Å². The molecule has 0 radical (unpaired) electrons. The number of hydrogen-bond donors (Lipinski definition) is 2. The second-order valence-electron chi connectivity index (χ2n) is 3.39. The van der Waals surface area contributed by atoms with Crippen LogP contribution in [0.25, 0.3) is 0 Å². The van der Waals surface area contributed by atoms with Gasteiger partial charge < -0.3 is 14.8 Å². The second-order valence-corrected chi connectivity index (χ2v) is 3.39. The van der Waals surface area contributed by atoms with Crippen LogP contribution in [0.4, 0.5) is 10.1 Å². The number of aromatic hydroxyl groups is 1. The zero-order chi connectivity index (χ0) is 12.4. The predicted octanol–water partition coefficient (Wildman–Crippen LogP) is 2.08. The fourth-order valence-corrected chi connectivity index (χ4v) is 1.30. The highest BCUT2D eigenvalue weighted by Crippen LogP contribution is 2.20. The fraction of sp³-hybridized carbons (Fsp3) is 0.0909. The molecule has 0 atom stereocenters. The molecule has 0 saturated heterocycles. The topological polar surface area (TPSA) is 75.4 Å². The maximum atomic E-state index is 13.3. The Hall–Kier alpha value is -2.37. The lowest BCUT2D eigenvalue weighted by Gasteiger charge is -2.04. The van der Waals surface area contributed by atoms with Crippen LogP contribution in [-0.2, 0) is 0 Å². The summed E-state index contributed by atoms with van der Waals surface area (Å²) < 4.78 is 18.2. The van der Waals surface area contributed by atoms with E-state index < -0.39 is 11.7 Å². The summed E-state index contributed by atoms with van der Waals surface area (Å²) in [6, 6.07) is 3.43. The minimum absolute atomic E-state index is 0.0254. The van der Waals surface area contributed by atoms with E-state index >= 15 is 0 Å². The number of benzene rings is 1. The molecule has 0 aliphatic rings. The largest absolute Gasteiger partial charge is 0.508 e. The average molecular weight is 236 g/mol. The predicted molar refractivity (Wildman–Crippen MR) is 57.3 cm³/mol. The number of nitrogens with zero attached hydrogens (tertiary/aromatic N) is 1. The molecule has 2 N–H and O–H groups in total. The van der Waals surface area contributed by atoms with E-state index in [4.69, 9.17) is 9.52 Å². The van der Waals surface area contributed by atoms with Crippen molar-refractivity contribution >= 4 is 11.6 Å². The van der Waals surface area contributed by atoms with E-state index in [0.717, 1.165) is 12.5 Å². The summed E-state index contributed by atoms with van der Waals surface area (Å²) in [5.41, 5.74) is 0.380. The number of phenolic OH excluding ortho intramolecular Hbond substituents is 1. The van der Waals surface area contributed by atoms with Crippen molar-refractivity contribution in [3.63, 3.8) is 0 Å². The van der Waals surface area contributed by atoms with Gasteiger partial charge in [-0.1, -0.05) is 0 Å². The minimum Gasteiger partial charge on any atom is -0.508 e. The molecule has 2 rings (SSSR count). The number of nitrogens with one attached hydrogen (secondary N) is 1. The molecule has 0 spiro atoms. The van der Waals surface area contributed by atoms with E-state index in [1.54, 1.807) is 6.92 Å². The van der Waals surface area contributed by atoms with E-state index in [1.807, 2.05) is 0 Å². The quantitative estimate of drug-likeness (QED) is 0.783. The maximum Gasteiger partial charge on any atom is 0.293 e. The van der Waals surface area contributed by atoms with Crippen molar-refractivity contribution in [1.82, 2.24) is 4.98 Å². The van der Waals surface area contributed by atoms with Gasteiger partial charge in [-0.3, -0.25) is 4.79 Å². The van der Waals surface area contributed by atoms with Crippen LogP contribution in [0.3, 0.4) is 0 Å². The third-order valence-electron chi connectivity index (χ3n) is 2.15. The van der Waals surface area contributed by atoms with Crippen LogP contribution in [0.1, 0.15) is 16.2 Å². The average Bonchev–Trinajstić information content (AvgIpc) is 2.68. The number of anilines is 1. The molecule has 1 heterocycles. The summed E-state index contributed by atoms with van der Waals surface area (Å²) in [6.45, 7) is 1.60. The van der Waals surface area contributed by atoms with Gasteiger partial charge in [-0.25, -0.2) is 9.37 Å². The molecule has 6 heteroatoms. The SMILES string of the molecule is Cc1ncoc1C(=O)Nc1ccc(O)cc1F. The Morgan fingerprint density at radius 1 is 1.53 bits per heavy atom. The normalized spacial score (nSPS) is 10.2. The van der Waals surface area contributed by atoms with E-state index in [-0.39, 0.29) is 17.2 Å². The van der Waals surface area contributed by atoms with Crippen LogP contribution in [0.5, 0.6) is 5.75 Å². The highest BCUT2D eigenvalue weighted by molar-refractivity contribution is 6.02. The monoisotopic (exact) mass is 236 g/mol. The number of hydrogen-bond acceptors (Lipinski definition) is 4. The summed E-state index contributed by atoms with van der Waals surface area (Å²) in [5, 5.41) is 11.3. The highest BCUT2D eigenvalue weighted by atomic mass is 19.1. The Bertz CT molecular complexity index is 566. The Morgan fingerprint density at radius 2 is 2.29 bits per heavy atom. The summed E-state index contributed by atoms with van der Waals surface area (Å²) in [7, 11) is 0. The molecule has 5 nitrogen and oxygen atoms in total. The highest BCUT2D eigenvalue weighted by Gasteiger charge is 2.15. The first kappa shape index (κ1) is 11.1. The van der Waals surface area contributed by atoms with Crippen molar-refractivity contribution < 1.29 is 18.7 Å². The number of aryl methyl sites for hydroxylation is 1. The lowest BCUT2D eigenvalue weighted by molar-refractivity contribution is 0.0995. The van der Waals surface area contributed by atoms with E-state index in [2.05, 4.69) is 10.3 Å². The maximum absolute atomic E-state index is 13.3.